The van der Waals surface area contributed by atoms with Crippen LogP contribution < -0.4 is 4.90 Å². The third-order valence-corrected chi connectivity index (χ3v) is 4.21. The molecule has 4 heteroatoms. The van der Waals surface area contributed by atoms with Crippen LogP contribution in [0.2, 0.25) is 0 Å². The molecule has 0 saturated heterocycles. The summed E-state index contributed by atoms with van der Waals surface area (Å²) in [6.07, 6.45) is 3.23. The van der Waals surface area contributed by atoms with Gasteiger partial charge in [0.15, 0.2) is 0 Å². The summed E-state index contributed by atoms with van der Waals surface area (Å²) in [4.78, 5) is 27.2. The molecule has 2 amide bonds. The van der Waals surface area contributed by atoms with Gasteiger partial charge >= 0.3 is 0 Å². The topological polar surface area (TPSA) is 50.5 Å². The van der Waals surface area contributed by atoms with Crippen LogP contribution >= 0.6 is 0 Å². The Morgan fingerprint density at radius 1 is 0.840 bits per heavy atom. The van der Waals surface area contributed by atoms with Crippen LogP contribution in [0.1, 0.15) is 27.2 Å². The van der Waals surface area contributed by atoms with Crippen LogP contribution in [0.4, 0.5) is 5.69 Å². The molecule has 25 heavy (non-hydrogen) atoms. The highest BCUT2D eigenvalue weighted by Crippen LogP contribution is 2.33. The number of aryl methyl sites for hydroxylation is 1. The number of amides is 2. The average molecular weight is 329 g/mol. The molecular formula is C21H15NO3. The number of carbonyl (C=O) groups excluding carboxylic acids is 2. The molecule has 1 aliphatic rings. The summed E-state index contributed by atoms with van der Waals surface area (Å²) in [5.41, 5.74) is 3.18. The lowest BCUT2D eigenvalue weighted by Crippen LogP contribution is -2.41. The Morgan fingerprint density at radius 3 is 2.24 bits per heavy atom. The highest BCUT2D eigenvalue weighted by atomic mass is 16.3. The number of fused-ring (bicyclic) bond motifs is 1. The quantitative estimate of drug-likeness (QED) is 0.520. The van der Waals surface area contributed by atoms with Crippen LogP contribution in [0, 0.1) is 6.92 Å². The van der Waals surface area contributed by atoms with E-state index in [2.05, 4.69) is 0 Å². The Kier molecular flexibility index (Phi) is 3.58. The van der Waals surface area contributed by atoms with Crippen LogP contribution in [-0.4, -0.2) is 11.8 Å². The monoisotopic (exact) mass is 329 g/mol. The lowest BCUT2D eigenvalue weighted by Gasteiger charge is -2.28. The number of carbonyl (C=O) groups is 2. The number of benzene rings is 2. The van der Waals surface area contributed by atoms with Crippen LogP contribution in [0.15, 0.2) is 71.3 Å². The Bertz CT molecular complexity index is 982. The zero-order valence-corrected chi connectivity index (χ0v) is 13.6. The first-order valence-electron chi connectivity index (χ1n) is 7.95. The highest BCUT2D eigenvalue weighted by molar-refractivity contribution is 6.43. The summed E-state index contributed by atoms with van der Waals surface area (Å²) in [6.45, 7) is 1.96. The van der Waals surface area contributed by atoms with Gasteiger partial charge in [0.05, 0.1) is 17.5 Å². The van der Waals surface area contributed by atoms with Gasteiger partial charge < -0.3 is 4.42 Å². The van der Waals surface area contributed by atoms with Crippen LogP contribution in [0.3, 0.4) is 0 Å². The number of anilines is 1. The van der Waals surface area contributed by atoms with E-state index >= 15 is 0 Å². The second-order valence-electron chi connectivity index (χ2n) is 5.90. The molecule has 0 aliphatic carbocycles. The summed E-state index contributed by atoms with van der Waals surface area (Å²) >= 11 is 0. The maximum atomic E-state index is 13.1. The summed E-state index contributed by atoms with van der Waals surface area (Å²) in [6, 6.07) is 18.0. The second-order valence-corrected chi connectivity index (χ2v) is 5.90. The number of hydrogen-bond donors (Lipinski definition) is 0. The fraction of sp³-hybridized carbons (Fsp3) is 0.0476. The SMILES string of the molecule is Cc1ccc(N2C(=O)/C(=C/c3ccco3)c3ccccc3C2=O)cc1. The van der Waals surface area contributed by atoms with Gasteiger partial charge in [0.25, 0.3) is 11.8 Å². The van der Waals surface area contributed by atoms with Gasteiger partial charge in [0, 0.05) is 11.1 Å². The first-order valence-corrected chi connectivity index (χ1v) is 7.95. The van der Waals surface area contributed by atoms with Crippen molar-refractivity contribution in [1.82, 2.24) is 0 Å². The predicted molar refractivity (Wildman–Crippen MR) is 96.0 cm³/mol. The van der Waals surface area contributed by atoms with Gasteiger partial charge in [0.1, 0.15) is 5.76 Å². The third kappa shape index (κ3) is 2.58. The van der Waals surface area contributed by atoms with Crippen molar-refractivity contribution in [2.24, 2.45) is 0 Å². The molecule has 0 atom stereocenters. The lowest BCUT2D eigenvalue weighted by molar-refractivity contribution is -0.112. The van der Waals surface area contributed by atoms with Crippen LogP contribution in [0.25, 0.3) is 11.6 Å². The van der Waals surface area contributed by atoms with Gasteiger partial charge in [0.2, 0.25) is 0 Å². The number of rotatable bonds is 2. The molecule has 0 N–H and O–H groups in total. The largest absolute Gasteiger partial charge is 0.465 e. The first-order chi connectivity index (χ1) is 12.1. The van der Waals surface area contributed by atoms with Crippen molar-refractivity contribution in [1.29, 1.82) is 0 Å². The molecule has 1 aromatic heterocycles. The molecule has 0 saturated carbocycles. The Hall–Kier alpha value is -3.40. The zero-order valence-electron chi connectivity index (χ0n) is 13.6. The molecule has 0 radical (unpaired) electrons. The molecule has 1 aliphatic heterocycles. The summed E-state index contributed by atoms with van der Waals surface area (Å²) in [7, 11) is 0. The molecule has 0 fully saturated rings. The molecule has 4 nitrogen and oxygen atoms in total. The van der Waals surface area contributed by atoms with Crippen LogP contribution in [0.5, 0.6) is 0 Å². The van der Waals surface area contributed by atoms with E-state index in [1.54, 1.807) is 54.8 Å². The molecule has 4 rings (SSSR count). The van der Waals surface area contributed by atoms with Crippen molar-refractivity contribution < 1.29 is 14.0 Å². The van der Waals surface area contributed by atoms with Gasteiger partial charge in [-0.1, -0.05) is 35.9 Å². The number of furan rings is 1. The molecule has 122 valence electrons. The van der Waals surface area contributed by atoms with Crippen LogP contribution in [-0.2, 0) is 4.79 Å². The number of nitrogens with zero attached hydrogens (tertiary/aromatic N) is 1. The van der Waals surface area contributed by atoms with E-state index < -0.39 is 0 Å². The summed E-state index contributed by atoms with van der Waals surface area (Å²) in [5.74, 6) is -0.110. The van der Waals surface area contributed by atoms with Crippen molar-refractivity contribution in [3.05, 3.63) is 89.4 Å². The van der Waals surface area contributed by atoms with E-state index in [1.807, 2.05) is 25.1 Å². The molecule has 0 unspecified atom stereocenters. The molecule has 2 heterocycles. The standard InChI is InChI=1S/C21H15NO3/c1-14-8-10-15(11-9-14)22-20(23)18-7-3-2-6-17(18)19(21(22)24)13-16-5-4-12-25-16/h2-13H,1H3/b19-13+. The van der Waals surface area contributed by atoms with Crippen molar-refractivity contribution in [3.8, 4) is 0 Å². The van der Waals surface area contributed by atoms with E-state index in [0.29, 0.717) is 28.1 Å². The van der Waals surface area contributed by atoms with E-state index in [9.17, 15) is 9.59 Å². The van der Waals surface area contributed by atoms with Crippen molar-refractivity contribution >= 4 is 29.2 Å². The van der Waals surface area contributed by atoms with Gasteiger partial charge in [-0.2, -0.15) is 0 Å². The first kappa shape index (κ1) is 15.1. The number of hydrogen-bond acceptors (Lipinski definition) is 3. The minimum absolute atomic E-state index is 0.318. The van der Waals surface area contributed by atoms with Crippen molar-refractivity contribution in [3.63, 3.8) is 0 Å². The molecule has 0 spiro atoms. The molecular weight excluding hydrogens is 314 g/mol. The number of imide groups is 1. The summed E-state index contributed by atoms with van der Waals surface area (Å²) < 4.78 is 5.35. The van der Waals surface area contributed by atoms with Gasteiger partial charge in [-0.25, -0.2) is 4.90 Å². The van der Waals surface area contributed by atoms with Gasteiger partial charge in [-0.15, -0.1) is 0 Å². The molecule has 3 aromatic rings. The predicted octanol–water partition coefficient (Wildman–Crippen LogP) is 4.32. The van der Waals surface area contributed by atoms with E-state index in [0.717, 1.165) is 5.56 Å². The maximum absolute atomic E-state index is 13.1. The van der Waals surface area contributed by atoms with E-state index in [-0.39, 0.29) is 11.8 Å². The highest BCUT2D eigenvalue weighted by Gasteiger charge is 2.35. The lowest BCUT2D eigenvalue weighted by atomic mass is 9.92. The Morgan fingerprint density at radius 2 is 1.56 bits per heavy atom. The minimum atomic E-state index is -0.357. The molecule has 2 aromatic carbocycles. The normalized spacial score (nSPS) is 15.6. The van der Waals surface area contributed by atoms with E-state index in [4.69, 9.17) is 4.42 Å². The smallest absolute Gasteiger partial charge is 0.266 e. The van der Waals surface area contributed by atoms with Crippen molar-refractivity contribution in [2.45, 2.75) is 6.92 Å². The Balaban J connectivity index is 1.90. The average Bonchev–Trinajstić information content (AvgIpc) is 3.14. The Labute approximate surface area is 145 Å². The maximum Gasteiger partial charge on any atom is 0.266 e. The summed E-state index contributed by atoms with van der Waals surface area (Å²) in [5, 5.41) is 0. The molecule has 0 bridgehead atoms. The van der Waals surface area contributed by atoms with Gasteiger partial charge in [-0.05, 0) is 43.3 Å². The van der Waals surface area contributed by atoms with E-state index in [1.165, 1.54) is 4.90 Å². The fourth-order valence-electron chi connectivity index (χ4n) is 2.94. The minimum Gasteiger partial charge on any atom is -0.465 e. The third-order valence-electron chi connectivity index (χ3n) is 4.21. The zero-order chi connectivity index (χ0) is 17.4. The fourth-order valence-corrected chi connectivity index (χ4v) is 2.94. The second kappa shape index (κ2) is 5.91. The van der Waals surface area contributed by atoms with Crippen molar-refractivity contribution in [2.75, 3.05) is 4.90 Å². The van der Waals surface area contributed by atoms with Gasteiger partial charge in [-0.3, -0.25) is 9.59 Å².